The van der Waals surface area contributed by atoms with Crippen molar-refractivity contribution in [2.24, 2.45) is 0 Å². The summed E-state index contributed by atoms with van der Waals surface area (Å²) in [5.41, 5.74) is 7.20. The number of unbranched alkanes of at least 4 members (excludes halogenated alkanes) is 2. The van der Waals surface area contributed by atoms with Crippen LogP contribution in [-0.2, 0) is 19.1 Å². The second kappa shape index (κ2) is 20.3. The number of carbonyl (C=O) groups excluding carboxylic acids is 2. The largest absolute Gasteiger partial charge is 0.493 e. The van der Waals surface area contributed by atoms with Crippen molar-refractivity contribution in [3.8, 4) is 50.6 Å². The predicted octanol–water partition coefficient (Wildman–Crippen LogP) is 7.51. The Bertz CT molecular complexity index is 1740. The molecule has 4 aromatic rings. The molecule has 0 radical (unpaired) electrons. The van der Waals surface area contributed by atoms with Crippen molar-refractivity contribution in [1.82, 2.24) is 0 Å². The van der Waals surface area contributed by atoms with Gasteiger partial charge in [-0.1, -0.05) is 67.3 Å². The summed E-state index contributed by atoms with van der Waals surface area (Å²) in [5, 5.41) is 17.8. The fourth-order valence-electron chi connectivity index (χ4n) is 5.20. The van der Waals surface area contributed by atoms with E-state index in [9.17, 15) is 9.59 Å². The molecule has 2 N–H and O–H groups in total. The lowest BCUT2D eigenvalue weighted by atomic mass is 9.95. The number of esters is 2. The lowest BCUT2D eigenvalue weighted by Gasteiger charge is -2.16. The van der Waals surface area contributed by atoms with Gasteiger partial charge >= 0.3 is 11.9 Å². The van der Waals surface area contributed by atoms with Gasteiger partial charge in [-0.3, -0.25) is 4.79 Å². The standard InChI is InChI=1S/C42H46O9/c1-4-5-6-7-22-49-40-28-35(38-19-17-37(27-30(38)2)48-24-26-51-42(46)31(3)29-44)14-18-39(40)34-10-8-32(9-11-34)33-12-15-36(16-13-33)47-23-25-50-41(45)20-21-43/h4,8-19,27-28,43-44H,1,3,5-7,20-26,29H2,2H3. The first-order valence-corrected chi connectivity index (χ1v) is 17.0. The first-order valence-electron chi connectivity index (χ1n) is 17.0. The number of hydrogen-bond acceptors (Lipinski definition) is 9. The highest BCUT2D eigenvalue weighted by atomic mass is 16.6. The Hall–Kier alpha value is -5.38. The number of allylic oxidation sites excluding steroid dienone is 1. The third-order valence-corrected chi connectivity index (χ3v) is 7.93. The van der Waals surface area contributed by atoms with Gasteiger partial charge in [-0.25, -0.2) is 4.79 Å². The molecule has 0 aliphatic rings. The molecule has 0 spiro atoms. The average molecular weight is 695 g/mol. The van der Waals surface area contributed by atoms with Crippen molar-refractivity contribution < 1.29 is 43.5 Å². The monoisotopic (exact) mass is 694 g/mol. The van der Waals surface area contributed by atoms with Gasteiger partial charge in [0.2, 0.25) is 0 Å². The van der Waals surface area contributed by atoms with Crippen LogP contribution in [0.5, 0.6) is 17.2 Å². The summed E-state index contributed by atoms with van der Waals surface area (Å²) in [4.78, 5) is 23.0. The molecule has 51 heavy (non-hydrogen) atoms. The quantitative estimate of drug-likeness (QED) is 0.0395. The van der Waals surface area contributed by atoms with E-state index in [-0.39, 0.29) is 45.0 Å². The zero-order valence-electron chi connectivity index (χ0n) is 29.1. The Balaban J connectivity index is 1.45. The minimum Gasteiger partial charge on any atom is -0.493 e. The van der Waals surface area contributed by atoms with Crippen LogP contribution in [0, 0.1) is 6.92 Å². The van der Waals surface area contributed by atoms with Gasteiger partial charge in [0.1, 0.15) is 43.7 Å². The van der Waals surface area contributed by atoms with Crippen molar-refractivity contribution in [2.45, 2.75) is 32.6 Å². The van der Waals surface area contributed by atoms with Gasteiger partial charge < -0.3 is 33.9 Å². The van der Waals surface area contributed by atoms with Crippen LogP contribution in [0.15, 0.2) is 110 Å². The molecule has 0 aromatic heterocycles. The van der Waals surface area contributed by atoms with Crippen molar-refractivity contribution in [3.05, 3.63) is 115 Å². The van der Waals surface area contributed by atoms with E-state index in [0.717, 1.165) is 64.0 Å². The van der Waals surface area contributed by atoms with E-state index in [2.05, 4.69) is 55.6 Å². The van der Waals surface area contributed by atoms with Gasteiger partial charge in [-0.05, 0) is 89.9 Å². The zero-order chi connectivity index (χ0) is 36.4. The second-order valence-corrected chi connectivity index (χ2v) is 11.7. The van der Waals surface area contributed by atoms with Gasteiger partial charge in [-0.2, -0.15) is 0 Å². The number of aliphatic hydroxyl groups excluding tert-OH is 2. The molecule has 0 heterocycles. The summed E-state index contributed by atoms with van der Waals surface area (Å²) in [7, 11) is 0. The fraction of sp³-hybridized carbons (Fsp3) is 0.286. The smallest absolute Gasteiger partial charge is 0.335 e. The fourth-order valence-corrected chi connectivity index (χ4v) is 5.20. The number of ether oxygens (including phenoxy) is 5. The number of benzene rings is 4. The van der Waals surface area contributed by atoms with E-state index in [1.54, 1.807) is 0 Å². The Labute approximate surface area is 299 Å². The van der Waals surface area contributed by atoms with Gasteiger partial charge in [0.25, 0.3) is 0 Å². The van der Waals surface area contributed by atoms with Crippen LogP contribution in [-0.4, -0.2) is 68.4 Å². The SMILES string of the molecule is C=CCCCCOc1cc(-c2ccc(OCCOC(=O)C(=C)CO)cc2C)ccc1-c1ccc(-c2ccc(OCCOC(=O)CCO)cc2)cc1. The summed E-state index contributed by atoms with van der Waals surface area (Å²) in [6, 6.07) is 28.2. The highest BCUT2D eigenvalue weighted by molar-refractivity contribution is 5.87. The first-order chi connectivity index (χ1) is 24.8. The van der Waals surface area contributed by atoms with Crippen molar-refractivity contribution in [1.29, 1.82) is 0 Å². The minimum atomic E-state index is -0.641. The molecule has 4 rings (SSSR count). The van der Waals surface area contributed by atoms with Crippen LogP contribution in [0.2, 0.25) is 0 Å². The summed E-state index contributed by atoms with van der Waals surface area (Å²) in [6.45, 7) is 9.77. The lowest BCUT2D eigenvalue weighted by Crippen LogP contribution is -2.15. The molecule has 0 amide bonds. The molecular formula is C42H46O9. The zero-order valence-corrected chi connectivity index (χ0v) is 29.1. The third kappa shape index (κ3) is 11.9. The van der Waals surface area contributed by atoms with E-state index >= 15 is 0 Å². The van der Waals surface area contributed by atoms with Crippen molar-refractivity contribution in [2.75, 3.05) is 46.2 Å². The second-order valence-electron chi connectivity index (χ2n) is 11.7. The molecular weight excluding hydrogens is 648 g/mol. The Kier molecular flexibility index (Phi) is 15.3. The van der Waals surface area contributed by atoms with Crippen LogP contribution in [0.3, 0.4) is 0 Å². The van der Waals surface area contributed by atoms with Gasteiger partial charge in [-0.15, -0.1) is 6.58 Å². The number of aryl methyl sites for hydroxylation is 1. The van der Waals surface area contributed by atoms with Crippen LogP contribution in [0.25, 0.3) is 33.4 Å². The number of aliphatic hydroxyl groups is 2. The molecule has 4 aromatic carbocycles. The highest BCUT2D eigenvalue weighted by Gasteiger charge is 2.13. The average Bonchev–Trinajstić information content (AvgIpc) is 3.15. The van der Waals surface area contributed by atoms with E-state index in [1.165, 1.54) is 0 Å². The summed E-state index contributed by atoms with van der Waals surface area (Å²) < 4.78 is 27.9. The van der Waals surface area contributed by atoms with E-state index < -0.39 is 18.5 Å². The van der Waals surface area contributed by atoms with Gasteiger partial charge in [0.15, 0.2) is 0 Å². The highest BCUT2D eigenvalue weighted by Crippen LogP contribution is 2.37. The first kappa shape index (κ1) is 38.4. The van der Waals surface area contributed by atoms with Crippen molar-refractivity contribution >= 4 is 11.9 Å². The Morgan fingerprint density at radius 2 is 1.27 bits per heavy atom. The number of carbonyl (C=O) groups is 2. The van der Waals surface area contributed by atoms with Crippen LogP contribution in [0.1, 0.15) is 31.2 Å². The molecule has 0 fully saturated rings. The Morgan fingerprint density at radius 1 is 0.667 bits per heavy atom. The Morgan fingerprint density at radius 3 is 1.94 bits per heavy atom. The molecule has 0 aliphatic carbocycles. The topological polar surface area (TPSA) is 121 Å². The van der Waals surface area contributed by atoms with Crippen LogP contribution >= 0.6 is 0 Å². The summed E-state index contributed by atoms with van der Waals surface area (Å²) in [6.07, 6.45) is 4.76. The van der Waals surface area contributed by atoms with Crippen LogP contribution in [0.4, 0.5) is 0 Å². The van der Waals surface area contributed by atoms with Crippen LogP contribution < -0.4 is 14.2 Å². The van der Waals surface area contributed by atoms with Gasteiger partial charge in [0, 0.05) is 5.56 Å². The molecule has 268 valence electrons. The third-order valence-electron chi connectivity index (χ3n) is 7.93. The normalized spacial score (nSPS) is 10.6. The maximum atomic E-state index is 11.7. The minimum absolute atomic E-state index is 0.00287. The molecule has 0 unspecified atom stereocenters. The summed E-state index contributed by atoms with van der Waals surface area (Å²) >= 11 is 0. The van der Waals surface area contributed by atoms with Gasteiger partial charge in [0.05, 0.1) is 31.8 Å². The lowest BCUT2D eigenvalue weighted by molar-refractivity contribution is -0.145. The molecule has 0 aliphatic heterocycles. The van der Waals surface area contributed by atoms with E-state index in [4.69, 9.17) is 33.9 Å². The van der Waals surface area contributed by atoms with E-state index in [1.807, 2.05) is 55.5 Å². The maximum absolute atomic E-state index is 11.7. The van der Waals surface area contributed by atoms with Crippen molar-refractivity contribution in [3.63, 3.8) is 0 Å². The predicted molar refractivity (Wildman–Crippen MR) is 198 cm³/mol. The molecule has 0 bridgehead atoms. The number of hydrogen-bond donors (Lipinski definition) is 2. The molecule has 0 saturated heterocycles. The number of rotatable bonds is 21. The maximum Gasteiger partial charge on any atom is 0.335 e. The molecule has 9 nitrogen and oxygen atoms in total. The summed E-state index contributed by atoms with van der Waals surface area (Å²) in [5.74, 6) is 1.04. The van der Waals surface area contributed by atoms with E-state index in [0.29, 0.717) is 18.1 Å². The molecule has 9 heteroatoms. The molecule has 0 saturated carbocycles. The molecule has 0 atom stereocenters.